The van der Waals surface area contributed by atoms with E-state index in [1.807, 2.05) is 11.8 Å². The van der Waals surface area contributed by atoms with Crippen molar-refractivity contribution in [3.8, 4) is 11.5 Å². The van der Waals surface area contributed by atoms with Crippen LogP contribution in [0.2, 0.25) is 0 Å². The van der Waals surface area contributed by atoms with Crippen molar-refractivity contribution in [1.82, 2.24) is 5.32 Å². The Morgan fingerprint density at radius 1 is 1.25 bits per heavy atom. The van der Waals surface area contributed by atoms with Gasteiger partial charge in [0.05, 0.1) is 14.2 Å². The number of rotatable bonds is 2. The molecule has 1 N–H and O–H groups in total. The summed E-state index contributed by atoms with van der Waals surface area (Å²) in [5.74, 6) is 2.70. The molecule has 2 rings (SSSR count). The lowest BCUT2D eigenvalue weighted by molar-refractivity contribution is 0.353. The van der Waals surface area contributed by atoms with E-state index in [0.717, 1.165) is 23.8 Å². The summed E-state index contributed by atoms with van der Waals surface area (Å²) in [7, 11) is 3.35. The first kappa shape index (κ1) is 11.6. The molecule has 4 heteroatoms. The second-order valence-electron chi connectivity index (χ2n) is 3.77. The van der Waals surface area contributed by atoms with Crippen molar-refractivity contribution < 1.29 is 9.47 Å². The van der Waals surface area contributed by atoms with Gasteiger partial charge in [-0.15, -0.1) is 11.8 Å². The van der Waals surface area contributed by atoms with Gasteiger partial charge in [-0.05, 0) is 24.6 Å². The zero-order valence-corrected chi connectivity index (χ0v) is 10.7. The SMILES string of the molecule is COc1cc2c(cc1OC)C(C)NCCS2. The Hall–Kier alpha value is -0.870. The molecular weight excluding hydrogens is 222 g/mol. The van der Waals surface area contributed by atoms with Crippen LogP contribution in [0.5, 0.6) is 11.5 Å². The summed E-state index contributed by atoms with van der Waals surface area (Å²) in [6, 6.07) is 4.51. The lowest BCUT2D eigenvalue weighted by atomic mass is 10.1. The molecule has 88 valence electrons. The van der Waals surface area contributed by atoms with E-state index in [1.165, 1.54) is 10.5 Å². The standard InChI is InChI=1S/C12H17NO2S/c1-8-9-6-10(14-2)11(15-3)7-12(9)16-5-4-13-8/h6-8,13H,4-5H2,1-3H3. The molecule has 0 aliphatic carbocycles. The van der Waals surface area contributed by atoms with E-state index in [1.54, 1.807) is 14.2 Å². The van der Waals surface area contributed by atoms with Crippen LogP contribution in [0.3, 0.4) is 0 Å². The van der Waals surface area contributed by atoms with Crippen LogP contribution in [0.25, 0.3) is 0 Å². The Labute approximate surface area is 101 Å². The maximum Gasteiger partial charge on any atom is 0.161 e. The number of ether oxygens (including phenoxy) is 2. The highest BCUT2D eigenvalue weighted by atomic mass is 32.2. The molecule has 1 aliphatic rings. The molecule has 1 atom stereocenters. The molecule has 1 unspecified atom stereocenters. The summed E-state index contributed by atoms with van der Waals surface area (Å²) in [5, 5.41) is 3.47. The van der Waals surface area contributed by atoms with E-state index < -0.39 is 0 Å². The lowest BCUT2D eigenvalue weighted by Crippen LogP contribution is -2.19. The molecular formula is C12H17NO2S. The van der Waals surface area contributed by atoms with Crippen molar-refractivity contribution in [3.63, 3.8) is 0 Å². The van der Waals surface area contributed by atoms with E-state index >= 15 is 0 Å². The normalized spacial score (nSPS) is 19.8. The summed E-state index contributed by atoms with van der Waals surface area (Å²) in [5.41, 5.74) is 1.29. The molecule has 0 saturated carbocycles. The molecule has 3 nitrogen and oxygen atoms in total. The van der Waals surface area contributed by atoms with Crippen molar-refractivity contribution >= 4 is 11.8 Å². The molecule has 0 spiro atoms. The van der Waals surface area contributed by atoms with E-state index in [-0.39, 0.29) is 0 Å². The Morgan fingerprint density at radius 3 is 2.62 bits per heavy atom. The molecule has 1 aromatic rings. The largest absolute Gasteiger partial charge is 0.493 e. The highest BCUT2D eigenvalue weighted by molar-refractivity contribution is 7.99. The molecule has 0 fully saturated rings. The minimum Gasteiger partial charge on any atom is -0.493 e. The third-order valence-electron chi connectivity index (χ3n) is 2.79. The van der Waals surface area contributed by atoms with Crippen LogP contribution in [-0.4, -0.2) is 26.5 Å². The van der Waals surface area contributed by atoms with E-state index in [9.17, 15) is 0 Å². The van der Waals surface area contributed by atoms with Crippen molar-refractivity contribution in [1.29, 1.82) is 0 Å². The number of methoxy groups -OCH3 is 2. The van der Waals surface area contributed by atoms with Crippen LogP contribution >= 0.6 is 11.8 Å². The fraction of sp³-hybridized carbons (Fsp3) is 0.500. The first-order valence-electron chi connectivity index (χ1n) is 5.38. The van der Waals surface area contributed by atoms with Crippen molar-refractivity contribution in [2.45, 2.75) is 17.9 Å². The van der Waals surface area contributed by atoms with Gasteiger partial charge in [-0.2, -0.15) is 0 Å². The Kier molecular flexibility index (Phi) is 3.61. The maximum atomic E-state index is 5.33. The van der Waals surface area contributed by atoms with Crippen LogP contribution in [0.15, 0.2) is 17.0 Å². The lowest BCUT2D eigenvalue weighted by Gasteiger charge is -2.16. The summed E-state index contributed by atoms with van der Waals surface area (Å²) < 4.78 is 10.6. The van der Waals surface area contributed by atoms with Crippen LogP contribution in [0, 0.1) is 0 Å². The highest BCUT2D eigenvalue weighted by Crippen LogP contribution is 2.38. The maximum absolute atomic E-state index is 5.33. The van der Waals surface area contributed by atoms with Gasteiger partial charge in [-0.1, -0.05) is 0 Å². The Morgan fingerprint density at radius 2 is 1.94 bits per heavy atom. The third-order valence-corrected chi connectivity index (χ3v) is 3.87. The van der Waals surface area contributed by atoms with Gasteiger partial charge in [0, 0.05) is 23.2 Å². The van der Waals surface area contributed by atoms with Gasteiger partial charge in [-0.3, -0.25) is 0 Å². The van der Waals surface area contributed by atoms with Gasteiger partial charge in [0.25, 0.3) is 0 Å². The van der Waals surface area contributed by atoms with Gasteiger partial charge in [0.1, 0.15) is 0 Å². The summed E-state index contributed by atoms with van der Waals surface area (Å²) in [6.45, 7) is 3.21. The average molecular weight is 239 g/mol. The first-order valence-corrected chi connectivity index (χ1v) is 6.37. The topological polar surface area (TPSA) is 30.5 Å². The molecule has 0 radical (unpaired) electrons. The molecule has 1 aromatic carbocycles. The van der Waals surface area contributed by atoms with Gasteiger partial charge in [0.2, 0.25) is 0 Å². The highest BCUT2D eigenvalue weighted by Gasteiger charge is 2.18. The van der Waals surface area contributed by atoms with Crippen molar-refractivity contribution in [3.05, 3.63) is 17.7 Å². The molecule has 16 heavy (non-hydrogen) atoms. The summed E-state index contributed by atoms with van der Waals surface area (Å²) in [6.07, 6.45) is 0. The van der Waals surface area contributed by atoms with Crippen LogP contribution in [-0.2, 0) is 0 Å². The molecule has 0 saturated heterocycles. The van der Waals surface area contributed by atoms with Crippen molar-refractivity contribution in [2.24, 2.45) is 0 Å². The van der Waals surface area contributed by atoms with Crippen LogP contribution in [0.1, 0.15) is 18.5 Å². The predicted octanol–water partition coefficient (Wildman–Crippen LogP) is 2.46. The van der Waals surface area contributed by atoms with E-state index in [2.05, 4.69) is 24.4 Å². The molecule has 0 bridgehead atoms. The van der Waals surface area contributed by atoms with Gasteiger partial charge >= 0.3 is 0 Å². The number of benzene rings is 1. The Bertz CT molecular complexity index is 382. The molecule has 1 aliphatic heterocycles. The second-order valence-corrected chi connectivity index (χ2v) is 4.91. The smallest absolute Gasteiger partial charge is 0.161 e. The van der Waals surface area contributed by atoms with Gasteiger partial charge in [0.15, 0.2) is 11.5 Å². The average Bonchev–Trinajstić information content (AvgIpc) is 2.49. The van der Waals surface area contributed by atoms with Gasteiger partial charge in [-0.25, -0.2) is 0 Å². The predicted molar refractivity (Wildman–Crippen MR) is 66.7 cm³/mol. The van der Waals surface area contributed by atoms with E-state index in [0.29, 0.717) is 6.04 Å². The molecule has 1 heterocycles. The van der Waals surface area contributed by atoms with Gasteiger partial charge < -0.3 is 14.8 Å². The number of nitrogens with one attached hydrogen (secondary N) is 1. The van der Waals surface area contributed by atoms with Crippen molar-refractivity contribution in [2.75, 3.05) is 26.5 Å². The Balaban J connectivity index is 2.47. The van der Waals surface area contributed by atoms with Crippen LogP contribution < -0.4 is 14.8 Å². The number of fused-ring (bicyclic) bond motifs is 1. The fourth-order valence-corrected chi connectivity index (χ4v) is 2.92. The van der Waals surface area contributed by atoms with Crippen LogP contribution in [0.4, 0.5) is 0 Å². The monoisotopic (exact) mass is 239 g/mol. The molecule has 0 amide bonds. The fourth-order valence-electron chi connectivity index (χ4n) is 1.89. The first-order chi connectivity index (χ1) is 7.76. The number of thioether (sulfide) groups is 1. The summed E-state index contributed by atoms with van der Waals surface area (Å²) >= 11 is 1.86. The third kappa shape index (κ3) is 2.13. The molecule has 0 aromatic heterocycles. The summed E-state index contributed by atoms with van der Waals surface area (Å²) in [4.78, 5) is 1.29. The zero-order chi connectivity index (χ0) is 11.5. The number of hydrogen-bond acceptors (Lipinski definition) is 4. The van der Waals surface area contributed by atoms with E-state index in [4.69, 9.17) is 9.47 Å². The second kappa shape index (κ2) is 4.97. The minimum absolute atomic E-state index is 0.366. The number of hydrogen-bond donors (Lipinski definition) is 1. The zero-order valence-electron chi connectivity index (χ0n) is 9.87. The quantitative estimate of drug-likeness (QED) is 0.859. The minimum atomic E-state index is 0.366.